The fourth-order valence-electron chi connectivity index (χ4n) is 2.75. The van der Waals surface area contributed by atoms with Gasteiger partial charge >= 0.3 is 0 Å². The van der Waals surface area contributed by atoms with Gasteiger partial charge in [-0.3, -0.25) is 0 Å². The highest BCUT2D eigenvalue weighted by Crippen LogP contribution is 2.24. The molecular weight excluding hydrogens is 316 g/mol. The van der Waals surface area contributed by atoms with Gasteiger partial charge in [0.1, 0.15) is 5.75 Å². The normalized spacial score (nSPS) is 19.1. The molecule has 6 nitrogen and oxygen atoms in total. The van der Waals surface area contributed by atoms with E-state index in [1.54, 1.807) is 38.5 Å². The van der Waals surface area contributed by atoms with Crippen LogP contribution in [0.25, 0.3) is 0 Å². The number of hydrogen-bond acceptors (Lipinski definition) is 4. The van der Waals surface area contributed by atoms with E-state index in [9.17, 15) is 8.42 Å². The van der Waals surface area contributed by atoms with Gasteiger partial charge in [0, 0.05) is 32.1 Å². The van der Waals surface area contributed by atoms with Crippen LogP contribution in [0.2, 0.25) is 0 Å². The standard InChI is InChI=1S/C16H20N2O4S/c1-21-14-5-7-16(8-6-14)23(19,20)18-10-13-4-3-9-17(13)11-15(12-18)22-2/h3-9,15H,10-12H2,1-2H3/t15-/m0/s1. The first-order chi connectivity index (χ1) is 11.0. The van der Waals surface area contributed by atoms with E-state index >= 15 is 0 Å². The van der Waals surface area contributed by atoms with Gasteiger partial charge in [0.2, 0.25) is 10.0 Å². The first-order valence-corrected chi connectivity index (χ1v) is 8.79. The van der Waals surface area contributed by atoms with Crippen LogP contribution in [0.4, 0.5) is 0 Å². The number of aromatic nitrogens is 1. The third kappa shape index (κ3) is 3.12. The molecule has 2 heterocycles. The largest absolute Gasteiger partial charge is 0.497 e. The van der Waals surface area contributed by atoms with Crippen LogP contribution in [0.15, 0.2) is 47.5 Å². The fraction of sp³-hybridized carbons (Fsp3) is 0.375. The van der Waals surface area contributed by atoms with Crippen molar-refractivity contribution in [3.8, 4) is 5.75 Å². The number of rotatable bonds is 4. The summed E-state index contributed by atoms with van der Waals surface area (Å²) < 4.78 is 40.0. The molecule has 0 bridgehead atoms. The summed E-state index contributed by atoms with van der Waals surface area (Å²) in [5.41, 5.74) is 0.960. The quantitative estimate of drug-likeness (QED) is 0.853. The average Bonchev–Trinajstić information content (AvgIpc) is 2.92. The molecular formula is C16H20N2O4S. The average molecular weight is 336 g/mol. The van der Waals surface area contributed by atoms with Gasteiger partial charge in [0.25, 0.3) is 0 Å². The Kier molecular flexibility index (Phi) is 4.43. The van der Waals surface area contributed by atoms with Gasteiger partial charge in [-0.15, -0.1) is 0 Å². The maximum absolute atomic E-state index is 13.0. The first-order valence-electron chi connectivity index (χ1n) is 7.35. The molecule has 7 heteroatoms. The highest BCUT2D eigenvalue weighted by Gasteiger charge is 2.30. The molecule has 0 fully saturated rings. The van der Waals surface area contributed by atoms with Crippen molar-refractivity contribution in [3.63, 3.8) is 0 Å². The molecule has 0 spiro atoms. The van der Waals surface area contributed by atoms with Crippen molar-refractivity contribution in [1.29, 1.82) is 0 Å². The third-order valence-electron chi connectivity index (χ3n) is 4.10. The molecule has 0 saturated heterocycles. The van der Waals surface area contributed by atoms with E-state index in [2.05, 4.69) is 0 Å². The fourth-order valence-corrected chi connectivity index (χ4v) is 4.19. The smallest absolute Gasteiger partial charge is 0.243 e. The summed E-state index contributed by atoms with van der Waals surface area (Å²) in [5.74, 6) is 0.628. The van der Waals surface area contributed by atoms with Crippen molar-refractivity contribution in [1.82, 2.24) is 8.87 Å². The van der Waals surface area contributed by atoms with Gasteiger partial charge in [-0.05, 0) is 36.4 Å². The Morgan fingerprint density at radius 2 is 1.83 bits per heavy atom. The van der Waals surface area contributed by atoms with Gasteiger partial charge in [-0.1, -0.05) is 0 Å². The SMILES string of the molecule is COc1ccc(S(=O)(=O)N2Cc3cccn3C[C@H](OC)C2)cc1. The second-order valence-corrected chi connectivity index (χ2v) is 7.42. The predicted octanol–water partition coefficient (Wildman–Crippen LogP) is 1.72. The molecule has 23 heavy (non-hydrogen) atoms. The zero-order valence-corrected chi connectivity index (χ0v) is 14.0. The summed E-state index contributed by atoms with van der Waals surface area (Å²) in [5, 5.41) is 0. The van der Waals surface area contributed by atoms with Crippen LogP contribution in [-0.4, -0.2) is 44.2 Å². The Morgan fingerprint density at radius 3 is 2.48 bits per heavy atom. The van der Waals surface area contributed by atoms with E-state index in [0.29, 0.717) is 25.4 Å². The van der Waals surface area contributed by atoms with Crippen LogP contribution in [0.1, 0.15) is 5.69 Å². The molecule has 0 saturated carbocycles. The van der Waals surface area contributed by atoms with Crippen LogP contribution in [0.5, 0.6) is 5.75 Å². The van der Waals surface area contributed by atoms with Crippen molar-refractivity contribution < 1.29 is 17.9 Å². The molecule has 3 rings (SSSR count). The number of hydrogen-bond donors (Lipinski definition) is 0. The highest BCUT2D eigenvalue weighted by atomic mass is 32.2. The number of ether oxygens (including phenoxy) is 2. The summed E-state index contributed by atoms with van der Waals surface area (Å²) in [6, 6.07) is 10.3. The molecule has 0 radical (unpaired) electrons. The molecule has 1 aromatic carbocycles. The van der Waals surface area contributed by atoms with Gasteiger partial charge < -0.3 is 14.0 Å². The van der Waals surface area contributed by atoms with Gasteiger partial charge in [-0.2, -0.15) is 4.31 Å². The molecule has 1 aromatic heterocycles. The molecule has 124 valence electrons. The van der Waals surface area contributed by atoms with E-state index in [-0.39, 0.29) is 11.0 Å². The Morgan fingerprint density at radius 1 is 1.09 bits per heavy atom. The summed E-state index contributed by atoms with van der Waals surface area (Å²) in [6.07, 6.45) is 1.77. The molecule has 0 amide bonds. The van der Waals surface area contributed by atoms with E-state index in [1.807, 2.05) is 22.9 Å². The van der Waals surface area contributed by atoms with E-state index in [4.69, 9.17) is 9.47 Å². The van der Waals surface area contributed by atoms with Crippen LogP contribution in [0.3, 0.4) is 0 Å². The lowest BCUT2D eigenvalue weighted by atomic mass is 10.3. The Hall–Kier alpha value is -1.83. The molecule has 2 aromatic rings. The Labute approximate surface area is 136 Å². The van der Waals surface area contributed by atoms with Gasteiger partial charge in [0.05, 0.1) is 24.7 Å². The zero-order valence-electron chi connectivity index (χ0n) is 13.2. The zero-order chi connectivity index (χ0) is 16.4. The lowest BCUT2D eigenvalue weighted by molar-refractivity contribution is 0.0770. The summed E-state index contributed by atoms with van der Waals surface area (Å²) >= 11 is 0. The molecule has 0 N–H and O–H groups in total. The number of nitrogens with zero attached hydrogens (tertiary/aromatic N) is 2. The predicted molar refractivity (Wildman–Crippen MR) is 85.8 cm³/mol. The van der Waals surface area contributed by atoms with Crippen molar-refractivity contribution >= 4 is 10.0 Å². The minimum atomic E-state index is -3.59. The summed E-state index contributed by atoms with van der Waals surface area (Å²) in [4.78, 5) is 0.258. The van der Waals surface area contributed by atoms with E-state index in [0.717, 1.165) is 5.69 Å². The molecule has 0 aliphatic carbocycles. The van der Waals surface area contributed by atoms with Crippen molar-refractivity contribution in [3.05, 3.63) is 48.3 Å². The molecule has 0 unspecified atom stereocenters. The number of methoxy groups -OCH3 is 2. The Balaban J connectivity index is 1.94. The van der Waals surface area contributed by atoms with Crippen LogP contribution in [0, 0.1) is 0 Å². The number of sulfonamides is 1. The van der Waals surface area contributed by atoms with Gasteiger partial charge in [-0.25, -0.2) is 8.42 Å². The lowest BCUT2D eigenvalue weighted by Gasteiger charge is -2.23. The highest BCUT2D eigenvalue weighted by molar-refractivity contribution is 7.89. The maximum atomic E-state index is 13.0. The first kappa shape index (κ1) is 16.0. The molecule has 1 atom stereocenters. The van der Waals surface area contributed by atoms with Crippen LogP contribution >= 0.6 is 0 Å². The summed E-state index contributed by atoms with van der Waals surface area (Å²) in [6.45, 7) is 1.31. The summed E-state index contributed by atoms with van der Waals surface area (Å²) in [7, 11) is -0.430. The maximum Gasteiger partial charge on any atom is 0.243 e. The lowest BCUT2D eigenvalue weighted by Crippen LogP contribution is -2.36. The third-order valence-corrected chi connectivity index (χ3v) is 5.93. The van der Waals surface area contributed by atoms with Crippen LogP contribution < -0.4 is 4.74 Å². The van der Waals surface area contributed by atoms with Crippen molar-refractivity contribution in [2.24, 2.45) is 0 Å². The monoisotopic (exact) mass is 336 g/mol. The van der Waals surface area contributed by atoms with Crippen molar-refractivity contribution in [2.75, 3.05) is 20.8 Å². The molecule has 1 aliphatic rings. The van der Waals surface area contributed by atoms with Gasteiger partial charge in [0.15, 0.2) is 0 Å². The second-order valence-electron chi connectivity index (χ2n) is 5.48. The van der Waals surface area contributed by atoms with E-state index in [1.165, 1.54) is 4.31 Å². The van der Waals surface area contributed by atoms with E-state index < -0.39 is 10.0 Å². The molecule has 1 aliphatic heterocycles. The topological polar surface area (TPSA) is 60.8 Å². The Bertz CT molecular complexity index is 768. The van der Waals surface area contributed by atoms with Crippen LogP contribution in [-0.2, 0) is 27.8 Å². The minimum Gasteiger partial charge on any atom is -0.497 e. The van der Waals surface area contributed by atoms with Crippen molar-refractivity contribution in [2.45, 2.75) is 24.1 Å². The number of fused-ring (bicyclic) bond motifs is 1. The second kappa shape index (κ2) is 6.35. The minimum absolute atomic E-state index is 0.184. The number of benzene rings is 1.